The van der Waals surface area contributed by atoms with E-state index >= 15 is 0 Å². The van der Waals surface area contributed by atoms with Gasteiger partial charge < -0.3 is 9.84 Å². The van der Waals surface area contributed by atoms with Crippen LogP contribution in [0, 0.1) is 0 Å². The lowest BCUT2D eigenvalue weighted by Crippen LogP contribution is -2.37. The molecule has 0 amide bonds. The van der Waals surface area contributed by atoms with Gasteiger partial charge in [0.2, 0.25) is 0 Å². The molecule has 1 aromatic rings. The highest BCUT2D eigenvalue weighted by Gasteiger charge is 2.31. The Kier molecular flexibility index (Phi) is 6.01. The number of ether oxygens (including phenoxy) is 1. The van der Waals surface area contributed by atoms with Gasteiger partial charge in [0.1, 0.15) is 5.75 Å². The third-order valence-electron chi connectivity index (χ3n) is 4.09. The molecule has 0 aliphatic carbocycles. The molecule has 1 fully saturated rings. The summed E-state index contributed by atoms with van der Waals surface area (Å²) < 4.78 is 28.7. The largest absolute Gasteiger partial charge is 0.494 e. The zero-order valence-corrected chi connectivity index (χ0v) is 14.1. The molecule has 0 bridgehead atoms. The number of rotatable bonds is 8. The first-order valence-electron chi connectivity index (χ1n) is 7.82. The van der Waals surface area contributed by atoms with Gasteiger partial charge in [0.25, 0.3) is 0 Å². The molecular formula is C16H23NO5S. The van der Waals surface area contributed by atoms with E-state index in [1.807, 2.05) is 6.92 Å². The van der Waals surface area contributed by atoms with E-state index in [1.54, 1.807) is 12.1 Å². The quantitative estimate of drug-likeness (QED) is 0.724. The van der Waals surface area contributed by atoms with Crippen LogP contribution in [0.3, 0.4) is 0 Å². The first kappa shape index (κ1) is 17.7. The van der Waals surface area contributed by atoms with Crippen molar-refractivity contribution in [3.8, 4) is 5.75 Å². The summed E-state index contributed by atoms with van der Waals surface area (Å²) >= 11 is 0. The average molecular weight is 341 g/mol. The Bertz CT molecular complexity index is 626. The number of sulfone groups is 1. The molecule has 1 aliphatic rings. The third-order valence-corrected chi connectivity index (χ3v) is 5.84. The lowest BCUT2D eigenvalue weighted by molar-refractivity contribution is 0.0697. The van der Waals surface area contributed by atoms with Crippen molar-refractivity contribution in [1.82, 2.24) is 4.90 Å². The Morgan fingerprint density at radius 2 is 2.04 bits per heavy atom. The minimum absolute atomic E-state index is 0.125. The molecule has 2 rings (SSSR count). The van der Waals surface area contributed by atoms with Gasteiger partial charge >= 0.3 is 5.97 Å². The average Bonchev–Trinajstić information content (AvgIpc) is 2.87. The van der Waals surface area contributed by atoms with Gasteiger partial charge in [0.05, 0.1) is 23.7 Å². The summed E-state index contributed by atoms with van der Waals surface area (Å²) in [6.07, 6.45) is 1.51. The number of carbonyl (C=O) groups is 1. The molecule has 0 saturated carbocycles. The summed E-state index contributed by atoms with van der Waals surface area (Å²) in [6, 6.07) is 6.44. The maximum Gasteiger partial charge on any atom is 0.335 e. The van der Waals surface area contributed by atoms with Gasteiger partial charge in [0, 0.05) is 12.6 Å². The van der Waals surface area contributed by atoms with E-state index in [9.17, 15) is 13.2 Å². The Morgan fingerprint density at radius 3 is 2.57 bits per heavy atom. The number of benzene rings is 1. The summed E-state index contributed by atoms with van der Waals surface area (Å²) in [5, 5.41) is 8.83. The number of hydrogen-bond acceptors (Lipinski definition) is 5. The van der Waals surface area contributed by atoms with E-state index in [2.05, 4.69) is 4.90 Å². The lowest BCUT2D eigenvalue weighted by atomic mass is 10.2. The van der Waals surface area contributed by atoms with Gasteiger partial charge in [0.15, 0.2) is 9.84 Å². The van der Waals surface area contributed by atoms with E-state index in [-0.39, 0.29) is 17.4 Å². The molecule has 1 atom stereocenters. The first-order chi connectivity index (χ1) is 10.9. The normalized spacial score (nSPS) is 19.8. The lowest BCUT2D eigenvalue weighted by Gasteiger charge is -2.26. The van der Waals surface area contributed by atoms with Crippen molar-refractivity contribution >= 4 is 15.8 Å². The Balaban J connectivity index is 1.74. The van der Waals surface area contributed by atoms with E-state index in [0.29, 0.717) is 24.5 Å². The maximum atomic E-state index is 11.6. The summed E-state index contributed by atoms with van der Waals surface area (Å²) in [7, 11) is -2.86. The second-order valence-electron chi connectivity index (χ2n) is 5.72. The second-order valence-corrected chi connectivity index (χ2v) is 7.95. The Labute approximate surface area is 137 Å². The van der Waals surface area contributed by atoms with Gasteiger partial charge in [-0.2, -0.15) is 0 Å². The van der Waals surface area contributed by atoms with Gasteiger partial charge in [-0.3, -0.25) is 4.90 Å². The third kappa shape index (κ3) is 5.21. The number of nitrogens with zero attached hydrogens (tertiary/aromatic N) is 1. The molecule has 6 nitrogen and oxygen atoms in total. The van der Waals surface area contributed by atoms with Crippen LogP contribution in [-0.2, 0) is 9.84 Å². The number of hydrogen-bond donors (Lipinski definition) is 1. The van der Waals surface area contributed by atoms with Crippen molar-refractivity contribution in [1.29, 1.82) is 0 Å². The smallest absolute Gasteiger partial charge is 0.335 e. The van der Waals surface area contributed by atoms with Crippen LogP contribution < -0.4 is 4.74 Å². The summed E-state index contributed by atoms with van der Waals surface area (Å²) in [5.74, 6) is 0.238. The molecule has 1 aromatic carbocycles. The fourth-order valence-electron chi connectivity index (χ4n) is 2.81. The van der Waals surface area contributed by atoms with Crippen LogP contribution in [0.5, 0.6) is 5.75 Å². The number of aromatic carboxylic acids is 1. The van der Waals surface area contributed by atoms with Crippen molar-refractivity contribution in [3.05, 3.63) is 29.8 Å². The predicted molar refractivity (Wildman–Crippen MR) is 87.8 cm³/mol. The van der Waals surface area contributed by atoms with Gasteiger partial charge in [-0.1, -0.05) is 6.92 Å². The molecule has 1 N–H and O–H groups in total. The highest BCUT2D eigenvalue weighted by molar-refractivity contribution is 7.91. The van der Waals surface area contributed by atoms with Gasteiger partial charge in [-0.15, -0.1) is 0 Å². The fraction of sp³-hybridized carbons (Fsp3) is 0.562. The minimum atomic E-state index is -2.86. The van der Waals surface area contributed by atoms with Crippen molar-refractivity contribution in [2.75, 3.05) is 31.2 Å². The first-order valence-corrected chi connectivity index (χ1v) is 9.64. The van der Waals surface area contributed by atoms with E-state index in [1.165, 1.54) is 12.1 Å². The van der Waals surface area contributed by atoms with Crippen LogP contribution in [0.4, 0.5) is 0 Å². The summed E-state index contributed by atoms with van der Waals surface area (Å²) in [5.41, 5.74) is 0.233. The molecule has 0 aromatic heterocycles. The zero-order valence-electron chi connectivity index (χ0n) is 13.3. The van der Waals surface area contributed by atoms with Gasteiger partial charge in [-0.25, -0.2) is 13.2 Å². The fourth-order valence-corrected chi connectivity index (χ4v) is 4.58. The monoisotopic (exact) mass is 341 g/mol. The maximum absolute atomic E-state index is 11.6. The van der Waals surface area contributed by atoms with Crippen molar-refractivity contribution < 1.29 is 23.1 Å². The number of carboxylic acids is 1. The minimum Gasteiger partial charge on any atom is -0.494 e. The van der Waals surface area contributed by atoms with Gasteiger partial charge in [-0.05, 0) is 43.7 Å². The number of carboxylic acid groups (broad SMARTS) is 1. The highest BCUT2D eigenvalue weighted by atomic mass is 32.2. The van der Waals surface area contributed by atoms with Crippen LogP contribution in [0.15, 0.2) is 24.3 Å². The Hall–Kier alpha value is -1.60. The van der Waals surface area contributed by atoms with E-state index < -0.39 is 15.8 Å². The molecule has 0 radical (unpaired) electrons. The van der Waals surface area contributed by atoms with Crippen LogP contribution in [0.2, 0.25) is 0 Å². The molecule has 7 heteroatoms. The highest BCUT2D eigenvalue weighted by Crippen LogP contribution is 2.18. The molecule has 1 saturated heterocycles. The van der Waals surface area contributed by atoms with Crippen LogP contribution >= 0.6 is 0 Å². The van der Waals surface area contributed by atoms with E-state index in [4.69, 9.17) is 9.84 Å². The molecule has 0 spiro atoms. The molecule has 1 unspecified atom stereocenters. The van der Waals surface area contributed by atoms with Crippen molar-refractivity contribution in [2.24, 2.45) is 0 Å². The second kappa shape index (κ2) is 7.79. The van der Waals surface area contributed by atoms with E-state index in [0.717, 1.165) is 19.5 Å². The SMILES string of the molecule is CCN(CCCOc1ccc(C(=O)O)cc1)C1CCS(=O)(=O)C1. The molecule has 1 heterocycles. The van der Waals surface area contributed by atoms with Crippen LogP contribution in [0.1, 0.15) is 30.1 Å². The summed E-state index contributed by atoms with van der Waals surface area (Å²) in [6.45, 7) is 4.18. The molecule has 23 heavy (non-hydrogen) atoms. The standard InChI is InChI=1S/C16H23NO5S/c1-2-17(14-8-11-23(20,21)12-14)9-3-10-22-15-6-4-13(5-7-15)16(18)19/h4-7,14H,2-3,8-12H2,1H3,(H,18,19). The Morgan fingerprint density at radius 1 is 1.35 bits per heavy atom. The van der Waals surface area contributed by atoms with Crippen LogP contribution in [-0.4, -0.2) is 61.6 Å². The topological polar surface area (TPSA) is 83.9 Å². The van der Waals surface area contributed by atoms with Crippen molar-refractivity contribution in [3.63, 3.8) is 0 Å². The van der Waals surface area contributed by atoms with Crippen molar-refractivity contribution in [2.45, 2.75) is 25.8 Å². The van der Waals surface area contributed by atoms with Crippen LogP contribution in [0.25, 0.3) is 0 Å². The summed E-state index contributed by atoms with van der Waals surface area (Å²) in [4.78, 5) is 13.0. The molecular weight excluding hydrogens is 318 g/mol. The predicted octanol–water partition coefficient (Wildman–Crippen LogP) is 1.66. The zero-order chi connectivity index (χ0) is 16.9. The molecule has 1 aliphatic heterocycles. The molecule has 128 valence electrons.